The van der Waals surface area contributed by atoms with Crippen LogP contribution in [0.15, 0.2) is 24.3 Å². The monoisotopic (exact) mass is 401 g/mol. The third-order valence-corrected chi connectivity index (χ3v) is 5.06. The fraction of sp³-hybridized carbons (Fsp3) is 0.684. The maximum Gasteiger partial charge on any atom is 0.0330 e. The molecule has 0 aliphatic heterocycles. The minimum absolute atomic E-state index is 0.531. The predicted molar refractivity (Wildman–Crippen MR) is 103 cm³/mol. The van der Waals surface area contributed by atoms with E-state index in [1.54, 1.807) is 0 Å². The van der Waals surface area contributed by atoms with Crippen LogP contribution < -0.4 is 5.32 Å². The van der Waals surface area contributed by atoms with Crippen molar-refractivity contribution < 1.29 is 0 Å². The van der Waals surface area contributed by atoms with Gasteiger partial charge in [0.05, 0.1) is 0 Å². The largest absolute Gasteiger partial charge is 0.310 e. The van der Waals surface area contributed by atoms with Crippen LogP contribution in [0.2, 0.25) is 0 Å². The molecule has 1 atom stereocenters. The van der Waals surface area contributed by atoms with Crippen molar-refractivity contribution in [2.75, 3.05) is 6.54 Å². The Morgan fingerprint density at radius 1 is 0.905 bits per heavy atom. The number of halogens is 1. The highest BCUT2D eigenvalue weighted by Crippen LogP contribution is 2.24. The van der Waals surface area contributed by atoms with Crippen LogP contribution in [0.1, 0.15) is 83.2 Å². The van der Waals surface area contributed by atoms with E-state index in [1.165, 1.54) is 66.9 Å². The van der Waals surface area contributed by atoms with Gasteiger partial charge in [-0.2, -0.15) is 0 Å². The second-order valence-corrected chi connectivity index (χ2v) is 7.06. The van der Waals surface area contributed by atoms with Crippen LogP contribution in [0.5, 0.6) is 0 Å². The smallest absolute Gasteiger partial charge is 0.0330 e. The number of rotatable bonds is 12. The molecule has 21 heavy (non-hydrogen) atoms. The number of hydrogen-bond donors (Lipinski definition) is 1. The highest BCUT2D eigenvalue weighted by Gasteiger charge is 2.12. The Morgan fingerprint density at radius 3 is 2.14 bits per heavy atom. The Kier molecular flexibility index (Phi) is 11.2. The Morgan fingerprint density at radius 2 is 1.52 bits per heavy atom. The van der Waals surface area contributed by atoms with E-state index in [9.17, 15) is 0 Å². The molecule has 1 unspecified atom stereocenters. The maximum atomic E-state index is 3.65. The van der Waals surface area contributed by atoms with Gasteiger partial charge in [-0.25, -0.2) is 0 Å². The molecular weight excluding hydrogens is 369 g/mol. The molecule has 0 aromatic heterocycles. The average molecular weight is 401 g/mol. The molecule has 0 aliphatic carbocycles. The summed E-state index contributed by atoms with van der Waals surface area (Å²) >= 11 is 2.46. The summed E-state index contributed by atoms with van der Waals surface area (Å²) in [5, 5.41) is 3.65. The first-order chi connectivity index (χ1) is 10.3. The van der Waals surface area contributed by atoms with E-state index in [0.717, 1.165) is 6.54 Å². The first-order valence-electron chi connectivity index (χ1n) is 8.77. The van der Waals surface area contributed by atoms with E-state index >= 15 is 0 Å². The SMILES string of the molecule is CCCCCCCCCCC(NCC)c1ccccc1I. The van der Waals surface area contributed by atoms with Gasteiger partial charge in [-0.3, -0.25) is 0 Å². The Labute approximate surface area is 145 Å². The molecule has 0 radical (unpaired) electrons. The zero-order chi connectivity index (χ0) is 15.3. The molecule has 1 aromatic carbocycles. The quantitative estimate of drug-likeness (QED) is 0.313. The van der Waals surface area contributed by atoms with Gasteiger partial charge in [0.25, 0.3) is 0 Å². The number of nitrogens with one attached hydrogen (secondary N) is 1. The summed E-state index contributed by atoms with van der Waals surface area (Å²) in [4.78, 5) is 0. The van der Waals surface area contributed by atoms with Crippen LogP contribution in [0.25, 0.3) is 0 Å². The second kappa shape index (κ2) is 12.5. The van der Waals surface area contributed by atoms with Gasteiger partial charge in [0.1, 0.15) is 0 Å². The van der Waals surface area contributed by atoms with Crippen molar-refractivity contribution in [2.45, 2.75) is 77.7 Å². The van der Waals surface area contributed by atoms with Gasteiger partial charge in [-0.15, -0.1) is 0 Å². The highest BCUT2D eigenvalue weighted by atomic mass is 127. The molecule has 120 valence electrons. The fourth-order valence-corrected chi connectivity index (χ4v) is 3.62. The van der Waals surface area contributed by atoms with Gasteiger partial charge in [-0.1, -0.05) is 83.4 Å². The Balaban J connectivity index is 2.25. The van der Waals surface area contributed by atoms with Crippen molar-refractivity contribution in [3.05, 3.63) is 33.4 Å². The normalized spacial score (nSPS) is 12.5. The summed E-state index contributed by atoms with van der Waals surface area (Å²) in [7, 11) is 0. The lowest BCUT2D eigenvalue weighted by molar-refractivity contribution is 0.473. The highest BCUT2D eigenvalue weighted by molar-refractivity contribution is 14.1. The van der Waals surface area contributed by atoms with E-state index in [1.807, 2.05) is 0 Å². The lowest BCUT2D eigenvalue weighted by Gasteiger charge is -2.19. The summed E-state index contributed by atoms with van der Waals surface area (Å²) in [5.41, 5.74) is 1.47. The third kappa shape index (κ3) is 8.20. The molecule has 0 aliphatic rings. The minimum Gasteiger partial charge on any atom is -0.310 e. The van der Waals surface area contributed by atoms with Gasteiger partial charge in [0, 0.05) is 9.61 Å². The molecule has 0 saturated carbocycles. The Bertz CT molecular complexity index is 364. The van der Waals surface area contributed by atoms with E-state index in [4.69, 9.17) is 0 Å². The molecule has 0 fully saturated rings. The molecule has 0 heterocycles. The molecule has 1 nitrogen and oxygen atoms in total. The van der Waals surface area contributed by atoms with Gasteiger partial charge < -0.3 is 5.32 Å². The van der Waals surface area contributed by atoms with Gasteiger partial charge in [0.15, 0.2) is 0 Å². The summed E-state index contributed by atoms with van der Waals surface area (Å²) in [6.07, 6.45) is 12.5. The first-order valence-corrected chi connectivity index (χ1v) is 9.85. The van der Waals surface area contributed by atoms with Crippen LogP contribution in [0.4, 0.5) is 0 Å². The van der Waals surface area contributed by atoms with Crippen LogP contribution in [0.3, 0.4) is 0 Å². The Hall–Kier alpha value is -0.0900. The zero-order valence-electron chi connectivity index (χ0n) is 13.8. The lowest BCUT2D eigenvalue weighted by atomic mass is 9.99. The van der Waals surface area contributed by atoms with E-state index < -0.39 is 0 Å². The molecule has 0 bridgehead atoms. The van der Waals surface area contributed by atoms with Crippen molar-refractivity contribution in [3.8, 4) is 0 Å². The summed E-state index contributed by atoms with van der Waals surface area (Å²) in [6, 6.07) is 9.32. The third-order valence-electron chi connectivity index (χ3n) is 4.08. The van der Waals surface area contributed by atoms with Crippen LogP contribution in [0, 0.1) is 3.57 Å². The molecule has 1 rings (SSSR count). The van der Waals surface area contributed by atoms with Crippen molar-refractivity contribution in [2.24, 2.45) is 0 Å². The number of unbranched alkanes of at least 4 members (excludes halogenated alkanes) is 7. The van der Waals surface area contributed by atoms with Crippen LogP contribution in [-0.4, -0.2) is 6.54 Å². The molecule has 2 heteroatoms. The molecule has 1 aromatic rings. The second-order valence-electron chi connectivity index (χ2n) is 5.90. The molecular formula is C19H32IN. The molecule has 0 amide bonds. The van der Waals surface area contributed by atoms with E-state index in [2.05, 4.69) is 66.0 Å². The van der Waals surface area contributed by atoms with Crippen LogP contribution in [-0.2, 0) is 0 Å². The van der Waals surface area contributed by atoms with Crippen LogP contribution >= 0.6 is 22.6 Å². The standard InChI is InChI=1S/C19H32IN/c1-3-5-6-7-8-9-10-11-16-19(21-4-2)17-14-12-13-15-18(17)20/h12-15,19,21H,3-11,16H2,1-2H3. The average Bonchev–Trinajstić information content (AvgIpc) is 2.49. The zero-order valence-corrected chi connectivity index (χ0v) is 16.0. The van der Waals surface area contributed by atoms with Crippen molar-refractivity contribution >= 4 is 22.6 Å². The summed E-state index contributed by atoms with van der Waals surface area (Å²) in [5.74, 6) is 0. The molecule has 0 saturated heterocycles. The van der Waals surface area contributed by atoms with Gasteiger partial charge >= 0.3 is 0 Å². The molecule has 1 N–H and O–H groups in total. The summed E-state index contributed by atoms with van der Waals surface area (Å²) in [6.45, 7) is 5.54. The topological polar surface area (TPSA) is 12.0 Å². The van der Waals surface area contributed by atoms with Crippen molar-refractivity contribution in [1.82, 2.24) is 5.32 Å². The lowest BCUT2D eigenvalue weighted by Crippen LogP contribution is -2.21. The van der Waals surface area contributed by atoms with Gasteiger partial charge in [-0.05, 0) is 47.2 Å². The number of benzene rings is 1. The predicted octanol–water partition coefficient (Wildman–Crippen LogP) is 6.47. The first kappa shape index (κ1) is 19.0. The fourth-order valence-electron chi connectivity index (χ4n) is 2.85. The summed E-state index contributed by atoms with van der Waals surface area (Å²) < 4.78 is 1.39. The molecule has 0 spiro atoms. The number of hydrogen-bond acceptors (Lipinski definition) is 1. The van der Waals surface area contributed by atoms with Gasteiger partial charge in [0.2, 0.25) is 0 Å². The minimum atomic E-state index is 0.531. The van der Waals surface area contributed by atoms with Crippen molar-refractivity contribution in [1.29, 1.82) is 0 Å². The van der Waals surface area contributed by atoms with E-state index in [0.29, 0.717) is 6.04 Å². The van der Waals surface area contributed by atoms with Crippen molar-refractivity contribution in [3.63, 3.8) is 0 Å². The van der Waals surface area contributed by atoms with E-state index in [-0.39, 0.29) is 0 Å². The maximum absolute atomic E-state index is 3.65.